The van der Waals surface area contributed by atoms with E-state index in [9.17, 15) is 4.39 Å². The topological polar surface area (TPSA) is 50.2 Å². The molecule has 4 nitrogen and oxygen atoms in total. The Bertz CT molecular complexity index is 523. The molecule has 0 aliphatic heterocycles. The third kappa shape index (κ3) is 5.06. The number of hydrogen-bond donors (Lipinski definition) is 1. The molecule has 0 spiro atoms. The van der Waals surface area contributed by atoms with Crippen molar-refractivity contribution in [2.75, 3.05) is 5.43 Å². The minimum absolute atomic E-state index is 0.267. The van der Waals surface area contributed by atoms with Crippen LogP contribution in [0.3, 0.4) is 0 Å². The van der Waals surface area contributed by atoms with Gasteiger partial charge in [0.25, 0.3) is 0 Å². The van der Waals surface area contributed by atoms with Crippen molar-refractivity contribution >= 4 is 19.7 Å². The lowest BCUT2D eigenvalue weighted by Crippen LogP contribution is -2.17. The zero-order valence-corrected chi connectivity index (χ0v) is 12.3. The Morgan fingerprint density at radius 2 is 2.11 bits per heavy atom. The maximum atomic E-state index is 12.9. The number of aryl methyl sites for hydroxylation is 1. The number of nitrogens with zero attached hydrogens (tertiary/aromatic N) is 3. The number of nitrogens with one attached hydrogen (secondary N) is 1. The Labute approximate surface area is 108 Å². The molecule has 0 amide bonds. The van der Waals surface area contributed by atoms with Crippen LogP contribution in [0.25, 0.3) is 0 Å². The van der Waals surface area contributed by atoms with Gasteiger partial charge in [-0.3, -0.25) is 0 Å². The molecule has 18 heavy (non-hydrogen) atoms. The fourth-order valence-corrected chi connectivity index (χ4v) is 1.50. The monoisotopic (exact) mass is 264 g/mol. The lowest BCUT2D eigenvalue weighted by molar-refractivity contribution is 0.602. The van der Waals surface area contributed by atoms with Gasteiger partial charge in [0.05, 0.1) is 11.9 Å². The molecule has 0 saturated heterocycles. The van der Waals surface area contributed by atoms with E-state index in [0.29, 0.717) is 5.71 Å². The molecule has 0 aliphatic carbocycles. The molecule has 0 aromatic carbocycles. The van der Waals surface area contributed by atoms with E-state index in [1.165, 1.54) is 0 Å². The fourth-order valence-electron chi connectivity index (χ4n) is 0.946. The first-order chi connectivity index (χ1) is 8.28. The Kier molecular flexibility index (Phi) is 4.56. The normalized spacial score (nSPS) is 11.8. The summed E-state index contributed by atoms with van der Waals surface area (Å²) in [5.41, 5.74) is 6.80. The van der Waals surface area contributed by atoms with Crippen LogP contribution in [-0.4, -0.2) is 23.8 Å². The fraction of sp³-hybridized carbons (Fsp3) is 0.417. The molecule has 1 aromatic rings. The highest BCUT2D eigenvalue weighted by Gasteiger charge is 2.07. The second-order valence-corrected chi connectivity index (χ2v) is 9.69. The van der Waals surface area contributed by atoms with E-state index < -0.39 is 13.9 Å². The molecule has 96 valence electrons. The van der Waals surface area contributed by atoms with Crippen LogP contribution < -0.4 is 5.43 Å². The van der Waals surface area contributed by atoms with Crippen molar-refractivity contribution in [3.63, 3.8) is 0 Å². The van der Waals surface area contributed by atoms with Crippen LogP contribution >= 0.6 is 0 Å². The summed E-state index contributed by atoms with van der Waals surface area (Å²) in [6, 6.07) is 0. The minimum Gasteiger partial charge on any atom is -0.244 e. The molecule has 6 heteroatoms. The maximum Gasteiger partial charge on any atom is 0.243 e. The van der Waals surface area contributed by atoms with Crippen LogP contribution in [0.5, 0.6) is 0 Å². The van der Waals surface area contributed by atoms with E-state index in [2.05, 4.69) is 51.6 Å². The van der Waals surface area contributed by atoms with Gasteiger partial charge in [-0.15, -0.1) is 5.54 Å². The molecule has 0 unspecified atom stereocenters. The average molecular weight is 264 g/mol. The van der Waals surface area contributed by atoms with Crippen LogP contribution in [0.4, 0.5) is 10.3 Å². The summed E-state index contributed by atoms with van der Waals surface area (Å²) in [6.07, 6.45) is 1.11. The zero-order chi connectivity index (χ0) is 13.8. The third-order valence-electron chi connectivity index (χ3n) is 1.86. The van der Waals surface area contributed by atoms with Crippen molar-refractivity contribution in [1.82, 2.24) is 9.97 Å². The van der Waals surface area contributed by atoms with Crippen LogP contribution in [0, 0.1) is 24.2 Å². The quantitative estimate of drug-likeness (QED) is 0.386. The zero-order valence-electron chi connectivity index (χ0n) is 11.3. The molecular formula is C12H17FN4Si. The summed E-state index contributed by atoms with van der Waals surface area (Å²) < 4.78 is 12.9. The van der Waals surface area contributed by atoms with Crippen molar-refractivity contribution in [3.8, 4) is 11.5 Å². The predicted octanol–water partition coefficient (Wildman–Crippen LogP) is 2.59. The maximum absolute atomic E-state index is 12.9. The van der Waals surface area contributed by atoms with Crippen molar-refractivity contribution in [2.24, 2.45) is 5.10 Å². The number of halogens is 1. The van der Waals surface area contributed by atoms with Crippen LogP contribution in [0.1, 0.15) is 12.6 Å². The SMILES string of the molecule is CC(C#C[Si](C)(C)C)=NNc1ncc(F)c(C)n1. The van der Waals surface area contributed by atoms with Crippen molar-refractivity contribution < 1.29 is 4.39 Å². The molecule has 1 rings (SSSR count). The Morgan fingerprint density at radius 3 is 2.67 bits per heavy atom. The van der Waals surface area contributed by atoms with Gasteiger partial charge >= 0.3 is 0 Å². The van der Waals surface area contributed by atoms with Gasteiger partial charge in [-0.25, -0.2) is 19.8 Å². The number of hydrazone groups is 1. The first-order valence-corrected chi connectivity index (χ1v) is 9.10. The molecule has 0 saturated carbocycles. The number of anilines is 1. The molecule has 0 bridgehead atoms. The van der Waals surface area contributed by atoms with Gasteiger partial charge in [0.1, 0.15) is 13.8 Å². The lowest BCUT2D eigenvalue weighted by atomic mass is 10.4. The molecule has 0 aliphatic rings. The lowest BCUT2D eigenvalue weighted by Gasteiger charge is -2.03. The first-order valence-electron chi connectivity index (χ1n) is 5.60. The molecule has 1 aromatic heterocycles. The summed E-state index contributed by atoms with van der Waals surface area (Å²) in [5, 5.41) is 4.04. The smallest absolute Gasteiger partial charge is 0.243 e. The molecule has 0 atom stereocenters. The van der Waals surface area contributed by atoms with E-state index in [4.69, 9.17) is 0 Å². The van der Waals surface area contributed by atoms with Gasteiger partial charge in [-0.05, 0) is 13.8 Å². The van der Waals surface area contributed by atoms with E-state index in [-0.39, 0.29) is 11.6 Å². The third-order valence-corrected chi connectivity index (χ3v) is 2.74. The van der Waals surface area contributed by atoms with E-state index in [1.807, 2.05) is 0 Å². The molecule has 0 fully saturated rings. The standard InChI is InChI=1S/C12H17FN4Si/c1-9(6-7-18(3,4)5)16-17-12-14-8-11(13)10(2)15-12/h8H,1-5H3,(H,14,15,17). The van der Waals surface area contributed by atoms with Crippen molar-refractivity contribution in [1.29, 1.82) is 0 Å². The van der Waals surface area contributed by atoms with E-state index in [0.717, 1.165) is 6.20 Å². The number of aromatic nitrogens is 2. The minimum atomic E-state index is -1.40. The highest BCUT2D eigenvalue weighted by Crippen LogP contribution is 2.04. The van der Waals surface area contributed by atoms with Crippen molar-refractivity contribution in [2.45, 2.75) is 33.5 Å². The summed E-state index contributed by atoms with van der Waals surface area (Å²) >= 11 is 0. The van der Waals surface area contributed by atoms with Crippen molar-refractivity contribution in [3.05, 3.63) is 17.7 Å². The molecule has 1 heterocycles. The Morgan fingerprint density at radius 1 is 1.44 bits per heavy atom. The second kappa shape index (κ2) is 5.73. The molecular weight excluding hydrogens is 247 g/mol. The van der Waals surface area contributed by atoms with E-state index in [1.54, 1.807) is 13.8 Å². The van der Waals surface area contributed by atoms with Gasteiger partial charge in [0, 0.05) is 0 Å². The summed E-state index contributed by atoms with van der Waals surface area (Å²) in [5.74, 6) is 2.82. The highest BCUT2D eigenvalue weighted by molar-refractivity contribution is 6.84. The van der Waals surface area contributed by atoms with Gasteiger partial charge in [-0.2, -0.15) is 5.10 Å². The van der Waals surface area contributed by atoms with Crippen LogP contribution in [0.2, 0.25) is 19.6 Å². The number of hydrogen-bond acceptors (Lipinski definition) is 4. The summed E-state index contributed by atoms with van der Waals surface area (Å²) in [4.78, 5) is 7.69. The largest absolute Gasteiger partial charge is 0.244 e. The van der Waals surface area contributed by atoms with Gasteiger partial charge in [0.15, 0.2) is 5.82 Å². The van der Waals surface area contributed by atoms with E-state index >= 15 is 0 Å². The van der Waals surface area contributed by atoms with Gasteiger partial charge in [0.2, 0.25) is 5.95 Å². The summed E-state index contributed by atoms with van der Waals surface area (Å²) in [6.45, 7) is 9.85. The Hall–Kier alpha value is -1.74. The van der Waals surface area contributed by atoms with Crippen LogP contribution in [0.15, 0.2) is 11.3 Å². The Balaban J connectivity index is 2.73. The molecule has 1 N–H and O–H groups in total. The first kappa shape index (κ1) is 14.3. The highest BCUT2D eigenvalue weighted by atomic mass is 28.3. The van der Waals surface area contributed by atoms with Gasteiger partial charge < -0.3 is 0 Å². The predicted molar refractivity (Wildman–Crippen MR) is 74.6 cm³/mol. The number of rotatable bonds is 2. The molecule has 0 radical (unpaired) electrons. The average Bonchev–Trinajstić information content (AvgIpc) is 2.27. The second-order valence-electron chi connectivity index (χ2n) is 4.94. The van der Waals surface area contributed by atoms with Crippen LogP contribution in [-0.2, 0) is 0 Å². The van der Waals surface area contributed by atoms with Gasteiger partial charge in [-0.1, -0.05) is 25.6 Å². The summed E-state index contributed by atoms with van der Waals surface area (Å²) in [7, 11) is -1.40.